The first-order valence-electron chi connectivity index (χ1n) is 6.71. The highest BCUT2D eigenvalue weighted by Crippen LogP contribution is 2.45. The lowest BCUT2D eigenvalue weighted by Gasteiger charge is -2.30. The van der Waals surface area contributed by atoms with E-state index in [4.69, 9.17) is 0 Å². The monoisotopic (exact) mass is 233 g/mol. The van der Waals surface area contributed by atoms with Crippen LogP contribution in [0, 0.1) is 0 Å². The summed E-state index contributed by atoms with van der Waals surface area (Å²) >= 11 is 0. The quantitative estimate of drug-likeness (QED) is 0.765. The second-order valence-electron chi connectivity index (χ2n) is 5.24. The van der Waals surface area contributed by atoms with E-state index in [0.717, 1.165) is 6.54 Å². The number of hydrogen-bond acceptors (Lipinski definition) is 2. The highest BCUT2D eigenvalue weighted by atomic mass is 16.3. The lowest BCUT2D eigenvalue weighted by molar-refractivity contribution is 0.387. The molecule has 1 aliphatic carbocycles. The molecule has 0 atom stereocenters. The highest BCUT2D eigenvalue weighted by Gasteiger charge is 2.34. The van der Waals surface area contributed by atoms with E-state index in [9.17, 15) is 5.11 Å². The molecule has 17 heavy (non-hydrogen) atoms. The number of hydrogen-bond donors (Lipinski definition) is 2. The van der Waals surface area contributed by atoms with E-state index in [1.54, 1.807) is 6.07 Å². The average Bonchev–Trinajstić information content (AvgIpc) is 2.79. The Morgan fingerprint density at radius 1 is 1.29 bits per heavy atom. The van der Waals surface area contributed by atoms with Gasteiger partial charge in [-0.15, -0.1) is 0 Å². The summed E-state index contributed by atoms with van der Waals surface area (Å²) in [6, 6.07) is 7.89. The van der Waals surface area contributed by atoms with Crippen LogP contribution in [-0.2, 0) is 5.41 Å². The number of nitrogens with one attached hydrogen (secondary N) is 1. The lowest BCUT2D eigenvalue weighted by Crippen LogP contribution is -2.23. The fourth-order valence-corrected chi connectivity index (χ4v) is 3.17. The fourth-order valence-electron chi connectivity index (χ4n) is 3.17. The zero-order valence-corrected chi connectivity index (χ0v) is 10.7. The summed E-state index contributed by atoms with van der Waals surface area (Å²) in [5, 5.41) is 12.9. The molecule has 2 rings (SSSR count). The Balaban J connectivity index is 2.15. The first kappa shape index (κ1) is 12.4. The molecule has 0 heterocycles. The van der Waals surface area contributed by atoms with Crippen molar-refractivity contribution >= 4 is 0 Å². The zero-order valence-electron chi connectivity index (χ0n) is 10.7. The molecule has 1 aromatic rings. The molecule has 1 aromatic carbocycles. The van der Waals surface area contributed by atoms with E-state index in [0.29, 0.717) is 11.2 Å². The third-order valence-corrected chi connectivity index (χ3v) is 4.10. The Bertz CT molecular complexity index is 356. The van der Waals surface area contributed by atoms with Crippen LogP contribution in [0.5, 0.6) is 5.75 Å². The van der Waals surface area contributed by atoms with Crippen molar-refractivity contribution in [1.29, 1.82) is 0 Å². The summed E-state index contributed by atoms with van der Waals surface area (Å²) in [6.45, 7) is 1.08. The van der Waals surface area contributed by atoms with Crippen LogP contribution in [0.15, 0.2) is 24.3 Å². The van der Waals surface area contributed by atoms with Gasteiger partial charge in [0.05, 0.1) is 0 Å². The normalized spacial score (nSPS) is 18.4. The molecule has 94 valence electrons. The second kappa shape index (κ2) is 5.54. The fraction of sp³-hybridized carbons (Fsp3) is 0.600. The largest absolute Gasteiger partial charge is 0.508 e. The SMILES string of the molecule is CNCCCC1(c2cccc(O)c2)CCCC1. The van der Waals surface area contributed by atoms with Gasteiger partial charge in [0, 0.05) is 0 Å². The van der Waals surface area contributed by atoms with Gasteiger partial charge in [-0.1, -0.05) is 25.0 Å². The third-order valence-electron chi connectivity index (χ3n) is 4.10. The number of benzene rings is 1. The molecule has 2 nitrogen and oxygen atoms in total. The average molecular weight is 233 g/mol. The van der Waals surface area contributed by atoms with E-state index in [1.165, 1.54) is 44.1 Å². The summed E-state index contributed by atoms with van der Waals surface area (Å²) in [7, 11) is 2.01. The standard InChI is InChI=1S/C15H23NO/c1-16-11-5-10-15(8-2-3-9-15)13-6-4-7-14(17)12-13/h4,6-7,12,16-17H,2-3,5,8-11H2,1H3. The third kappa shape index (κ3) is 2.81. The van der Waals surface area contributed by atoms with Crippen LogP contribution in [0.3, 0.4) is 0 Å². The van der Waals surface area contributed by atoms with Gasteiger partial charge in [0.15, 0.2) is 0 Å². The first-order chi connectivity index (χ1) is 8.27. The van der Waals surface area contributed by atoms with Gasteiger partial charge in [-0.05, 0) is 62.4 Å². The minimum absolute atomic E-state index is 0.329. The van der Waals surface area contributed by atoms with Crippen LogP contribution in [0.1, 0.15) is 44.1 Å². The Kier molecular flexibility index (Phi) is 4.06. The van der Waals surface area contributed by atoms with Crippen LogP contribution in [0.25, 0.3) is 0 Å². The molecule has 0 radical (unpaired) electrons. The van der Waals surface area contributed by atoms with Crippen molar-refractivity contribution in [3.05, 3.63) is 29.8 Å². The molecule has 0 spiro atoms. The molecule has 0 aromatic heterocycles. The predicted molar refractivity (Wildman–Crippen MR) is 71.4 cm³/mol. The van der Waals surface area contributed by atoms with Crippen LogP contribution < -0.4 is 5.32 Å². The number of aromatic hydroxyl groups is 1. The van der Waals surface area contributed by atoms with Crippen molar-refractivity contribution < 1.29 is 5.11 Å². The van der Waals surface area contributed by atoms with Crippen molar-refractivity contribution in [2.75, 3.05) is 13.6 Å². The van der Waals surface area contributed by atoms with Gasteiger partial charge in [-0.2, -0.15) is 0 Å². The molecule has 0 bridgehead atoms. The van der Waals surface area contributed by atoms with Gasteiger partial charge in [0.25, 0.3) is 0 Å². The Morgan fingerprint density at radius 2 is 2.06 bits per heavy atom. The smallest absolute Gasteiger partial charge is 0.115 e. The minimum Gasteiger partial charge on any atom is -0.508 e. The van der Waals surface area contributed by atoms with E-state index < -0.39 is 0 Å². The predicted octanol–water partition coefficient (Wildman–Crippen LogP) is 3.20. The van der Waals surface area contributed by atoms with Crippen molar-refractivity contribution in [1.82, 2.24) is 5.32 Å². The van der Waals surface area contributed by atoms with Crippen LogP contribution in [0.4, 0.5) is 0 Å². The molecule has 0 saturated heterocycles. The van der Waals surface area contributed by atoms with Gasteiger partial charge in [-0.3, -0.25) is 0 Å². The Labute approximate surface area is 104 Å². The summed E-state index contributed by atoms with van der Waals surface area (Å²) in [6.07, 6.45) is 7.66. The van der Waals surface area contributed by atoms with Gasteiger partial charge in [0.1, 0.15) is 5.75 Å². The molecule has 0 unspecified atom stereocenters. The van der Waals surface area contributed by atoms with Crippen LogP contribution in [0.2, 0.25) is 0 Å². The van der Waals surface area contributed by atoms with Gasteiger partial charge in [-0.25, -0.2) is 0 Å². The van der Waals surface area contributed by atoms with E-state index in [1.807, 2.05) is 19.2 Å². The van der Waals surface area contributed by atoms with Crippen LogP contribution >= 0.6 is 0 Å². The molecular weight excluding hydrogens is 210 g/mol. The molecule has 1 fully saturated rings. The minimum atomic E-state index is 0.329. The molecule has 2 N–H and O–H groups in total. The van der Waals surface area contributed by atoms with E-state index in [-0.39, 0.29) is 0 Å². The van der Waals surface area contributed by atoms with Crippen molar-refractivity contribution in [2.24, 2.45) is 0 Å². The van der Waals surface area contributed by atoms with E-state index in [2.05, 4.69) is 11.4 Å². The first-order valence-corrected chi connectivity index (χ1v) is 6.71. The summed E-state index contributed by atoms with van der Waals surface area (Å²) < 4.78 is 0. The number of phenols is 1. The Morgan fingerprint density at radius 3 is 2.71 bits per heavy atom. The van der Waals surface area contributed by atoms with Gasteiger partial charge < -0.3 is 10.4 Å². The molecule has 1 aliphatic rings. The number of phenolic OH excluding ortho intramolecular Hbond substituents is 1. The highest BCUT2D eigenvalue weighted by molar-refractivity contribution is 5.33. The molecule has 0 amide bonds. The van der Waals surface area contributed by atoms with Crippen molar-refractivity contribution in [2.45, 2.75) is 43.9 Å². The maximum atomic E-state index is 9.65. The maximum absolute atomic E-state index is 9.65. The van der Waals surface area contributed by atoms with Crippen molar-refractivity contribution in [3.8, 4) is 5.75 Å². The Hall–Kier alpha value is -1.02. The summed E-state index contributed by atoms with van der Waals surface area (Å²) in [5.41, 5.74) is 1.67. The zero-order chi connectivity index (χ0) is 12.1. The summed E-state index contributed by atoms with van der Waals surface area (Å²) in [5.74, 6) is 0.405. The maximum Gasteiger partial charge on any atom is 0.115 e. The second-order valence-corrected chi connectivity index (χ2v) is 5.24. The van der Waals surface area contributed by atoms with Gasteiger partial charge in [0.2, 0.25) is 0 Å². The molecule has 0 aliphatic heterocycles. The lowest BCUT2D eigenvalue weighted by atomic mass is 9.75. The van der Waals surface area contributed by atoms with Crippen LogP contribution in [-0.4, -0.2) is 18.7 Å². The van der Waals surface area contributed by atoms with Crippen molar-refractivity contribution in [3.63, 3.8) is 0 Å². The molecule has 1 saturated carbocycles. The van der Waals surface area contributed by atoms with E-state index >= 15 is 0 Å². The molecular formula is C15H23NO. The number of rotatable bonds is 5. The topological polar surface area (TPSA) is 32.3 Å². The van der Waals surface area contributed by atoms with Gasteiger partial charge >= 0.3 is 0 Å². The summed E-state index contributed by atoms with van der Waals surface area (Å²) in [4.78, 5) is 0. The molecule has 2 heteroatoms.